The third-order valence-electron chi connectivity index (χ3n) is 5.37. The average Bonchev–Trinajstić information content (AvgIpc) is 3.26. The summed E-state index contributed by atoms with van der Waals surface area (Å²) in [7, 11) is 0. The van der Waals surface area contributed by atoms with E-state index >= 15 is 0 Å². The van der Waals surface area contributed by atoms with Crippen molar-refractivity contribution >= 4 is 10.9 Å². The fourth-order valence-corrected chi connectivity index (χ4v) is 3.80. The van der Waals surface area contributed by atoms with Gasteiger partial charge in [-0.05, 0) is 61.0 Å². The first kappa shape index (κ1) is 20.8. The monoisotopic (exact) mass is 436 g/mol. The number of ether oxygens (including phenoxy) is 1. The number of aliphatic hydroxyl groups is 1. The second-order valence-electron chi connectivity index (χ2n) is 8.01. The van der Waals surface area contributed by atoms with E-state index in [0.717, 1.165) is 44.7 Å². The first-order chi connectivity index (χ1) is 16.2. The Hall–Kier alpha value is -4.03. The van der Waals surface area contributed by atoms with Gasteiger partial charge < -0.3 is 9.84 Å². The summed E-state index contributed by atoms with van der Waals surface area (Å²) in [6.45, 7) is 2.58. The molecule has 2 aromatic carbocycles. The number of benzene rings is 2. The highest BCUT2D eigenvalue weighted by Crippen LogP contribution is 2.32. The van der Waals surface area contributed by atoms with Gasteiger partial charge in [0.2, 0.25) is 0 Å². The molecule has 1 atom stereocenters. The Morgan fingerprint density at radius 2 is 1.70 bits per heavy atom. The standard InChI is InChI=1S/C27H24N4O2/c1-19(32)16-31-17-25(20-12-14-28-15-13-20)27(30-31)22-7-10-24(11-8-22)33-18-23-9-6-21-4-2-3-5-26(21)29-23/h2-15,17,19,32H,16,18H2,1H3/t19-/m1/s1. The van der Waals surface area contributed by atoms with E-state index in [1.807, 2.05) is 66.9 Å². The second kappa shape index (κ2) is 9.22. The topological polar surface area (TPSA) is 73.1 Å². The Bertz CT molecular complexity index is 1360. The molecular weight excluding hydrogens is 412 g/mol. The molecule has 0 aliphatic carbocycles. The van der Waals surface area contributed by atoms with Gasteiger partial charge in [-0.15, -0.1) is 0 Å². The molecule has 0 aliphatic heterocycles. The molecule has 0 fully saturated rings. The zero-order valence-corrected chi connectivity index (χ0v) is 18.3. The molecule has 0 amide bonds. The molecule has 0 bridgehead atoms. The summed E-state index contributed by atoms with van der Waals surface area (Å²) in [6.07, 6.45) is 5.02. The Kier molecular flexibility index (Phi) is 5.83. The quantitative estimate of drug-likeness (QED) is 0.383. The molecule has 0 radical (unpaired) electrons. The van der Waals surface area contributed by atoms with Gasteiger partial charge in [-0.2, -0.15) is 5.10 Å². The molecule has 3 heterocycles. The molecule has 3 aromatic heterocycles. The van der Waals surface area contributed by atoms with Crippen LogP contribution in [-0.4, -0.2) is 31.0 Å². The number of para-hydroxylation sites is 1. The Morgan fingerprint density at radius 3 is 2.48 bits per heavy atom. The first-order valence-corrected chi connectivity index (χ1v) is 10.9. The largest absolute Gasteiger partial charge is 0.487 e. The van der Waals surface area contributed by atoms with E-state index in [9.17, 15) is 5.11 Å². The molecule has 5 aromatic rings. The Balaban J connectivity index is 1.36. The van der Waals surface area contributed by atoms with Crippen molar-refractivity contribution in [2.75, 3.05) is 0 Å². The summed E-state index contributed by atoms with van der Waals surface area (Å²) in [5.74, 6) is 0.766. The van der Waals surface area contributed by atoms with Crippen molar-refractivity contribution in [2.45, 2.75) is 26.2 Å². The third kappa shape index (κ3) is 4.76. The number of aliphatic hydroxyl groups excluding tert-OH is 1. The molecule has 0 unspecified atom stereocenters. The number of fused-ring (bicyclic) bond motifs is 1. The summed E-state index contributed by atoms with van der Waals surface area (Å²) in [4.78, 5) is 8.78. The lowest BCUT2D eigenvalue weighted by molar-refractivity contribution is 0.168. The second-order valence-corrected chi connectivity index (χ2v) is 8.01. The van der Waals surface area contributed by atoms with E-state index < -0.39 is 6.10 Å². The molecule has 1 N–H and O–H groups in total. The van der Waals surface area contributed by atoms with Gasteiger partial charge in [0.1, 0.15) is 18.1 Å². The highest BCUT2D eigenvalue weighted by Gasteiger charge is 2.14. The average molecular weight is 437 g/mol. The maximum Gasteiger partial charge on any atom is 0.130 e. The molecule has 0 saturated carbocycles. The van der Waals surface area contributed by atoms with Gasteiger partial charge in [0, 0.05) is 35.1 Å². The van der Waals surface area contributed by atoms with E-state index in [2.05, 4.69) is 22.1 Å². The summed E-state index contributed by atoms with van der Waals surface area (Å²) < 4.78 is 7.76. The number of pyridine rings is 2. The van der Waals surface area contributed by atoms with Crippen molar-refractivity contribution in [3.63, 3.8) is 0 Å². The normalized spacial score (nSPS) is 12.1. The molecule has 0 aliphatic rings. The van der Waals surface area contributed by atoms with Crippen LogP contribution in [0.3, 0.4) is 0 Å². The molecule has 0 spiro atoms. The van der Waals surface area contributed by atoms with Crippen LogP contribution in [0, 0.1) is 0 Å². The van der Waals surface area contributed by atoms with Crippen LogP contribution in [-0.2, 0) is 13.2 Å². The van der Waals surface area contributed by atoms with Gasteiger partial charge in [0.25, 0.3) is 0 Å². The molecule has 6 nitrogen and oxygen atoms in total. The van der Waals surface area contributed by atoms with Gasteiger partial charge >= 0.3 is 0 Å². The van der Waals surface area contributed by atoms with Crippen molar-refractivity contribution in [1.29, 1.82) is 0 Å². The molecule has 33 heavy (non-hydrogen) atoms. The predicted octanol–water partition coefficient (Wildman–Crippen LogP) is 5.12. The van der Waals surface area contributed by atoms with Crippen LogP contribution < -0.4 is 4.74 Å². The van der Waals surface area contributed by atoms with Gasteiger partial charge in [-0.1, -0.05) is 24.3 Å². The highest BCUT2D eigenvalue weighted by atomic mass is 16.5. The summed E-state index contributed by atoms with van der Waals surface area (Å²) in [5.41, 5.74) is 5.69. The molecule has 6 heteroatoms. The summed E-state index contributed by atoms with van der Waals surface area (Å²) >= 11 is 0. The summed E-state index contributed by atoms with van der Waals surface area (Å²) in [6, 6.07) is 23.9. The predicted molar refractivity (Wildman–Crippen MR) is 129 cm³/mol. The minimum atomic E-state index is -0.484. The lowest BCUT2D eigenvalue weighted by Crippen LogP contribution is -2.11. The SMILES string of the molecule is C[C@@H](O)Cn1cc(-c2ccncc2)c(-c2ccc(OCc3ccc4ccccc4n3)cc2)n1. The van der Waals surface area contributed by atoms with Gasteiger partial charge in [-0.25, -0.2) is 4.98 Å². The van der Waals surface area contributed by atoms with E-state index in [1.54, 1.807) is 24.0 Å². The zero-order valence-electron chi connectivity index (χ0n) is 18.3. The van der Waals surface area contributed by atoms with Crippen LogP contribution in [0.25, 0.3) is 33.3 Å². The lowest BCUT2D eigenvalue weighted by atomic mass is 10.0. The van der Waals surface area contributed by atoms with Crippen LogP contribution >= 0.6 is 0 Å². The van der Waals surface area contributed by atoms with Crippen molar-refractivity contribution < 1.29 is 9.84 Å². The fourth-order valence-electron chi connectivity index (χ4n) is 3.80. The maximum absolute atomic E-state index is 9.80. The highest BCUT2D eigenvalue weighted by molar-refractivity contribution is 5.80. The minimum absolute atomic E-state index is 0.398. The molecular formula is C27H24N4O2. The van der Waals surface area contributed by atoms with Gasteiger partial charge in [0.05, 0.1) is 23.9 Å². The van der Waals surface area contributed by atoms with Crippen LogP contribution in [0.1, 0.15) is 12.6 Å². The molecule has 5 rings (SSSR count). The van der Waals surface area contributed by atoms with Gasteiger partial charge in [-0.3, -0.25) is 9.67 Å². The smallest absolute Gasteiger partial charge is 0.130 e. The number of hydrogen-bond donors (Lipinski definition) is 1. The van der Waals surface area contributed by atoms with Crippen LogP contribution in [0.5, 0.6) is 5.75 Å². The molecule has 0 saturated heterocycles. The zero-order chi connectivity index (χ0) is 22.6. The lowest BCUT2D eigenvalue weighted by Gasteiger charge is -2.08. The van der Waals surface area contributed by atoms with E-state index in [1.165, 1.54) is 0 Å². The van der Waals surface area contributed by atoms with Crippen molar-refractivity contribution in [3.8, 4) is 28.1 Å². The van der Waals surface area contributed by atoms with Gasteiger partial charge in [0.15, 0.2) is 0 Å². The van der Waals surface area contributed by atoms with E-state index in [4.69, 9.17) is 9.84 Å². The van der Waals surface area contributed by atoms with Crippen molar-refractivity contribution in [1.82, 2.24) is 19.7 Å². The Morgan fingerprint density at radius 1 is 0.909 bits per heavy atom. The Labute approximate surface area is 192 Å². The van der Waals surface area contributed by atoms with E-state index in [0.29, 0.717) is 13.2 Å². The van der Waals surface area contributed by atoms with Crippen LogP contribution in [0.4, 0.5) is 0 Å². The van der Waals surface area contributed by atoms with Crippen molar-refractivity contribution in [3.05, 3.63) is 97.1 Å². The number of hydrogen-bond acceptors (Lipinski definition) is 5. The third-order valence-corrected chi connectivity index (χ3v) is 5.37. The van der Waals surface area contributed by atoms with Crippen LogP contribution in [0.15, 0.2) is 91.4 Å². The van der Waals surface area contributed by atoms with Crippen molar-refractivity contribution in [2.24, 2.45) is 0 Å². The first-order valence-electron chi connectivity index (χ1n) is 10.9. The number of rotatable bonds is 7. The van der Waals surface area contributed by atoms with E-state index in [-0.39, 0.29) is 0 Å². The molecule has 164 valence electrons. The number of aromatic nitrogens is 4. The maximum atomic E-state index is 9.80. The summed E-state index contributed by atoms with van der Waals surface area (Å²) in [5, 5.41) is 15.7. The minimum Gasteiger partial charge on any atom is -0.487 e. The van der Waals surface area contributed by atoms with Crippen LogP contribution in [0.2, 0.25) is 0 Å². The fraction of sp³-hybridized carbons (Fsp3) is 0.148. The number of nitrogens with zero attached hydrogens (tertiary/aromatic N) is 4.